The second-order valence-electron chi connectivity index (χ2n) is 6.36. The van der Waals surface area contributed by atoms with Crippen LogP contribution in [0, 0.1) is 0 Å². The standard InChI is InChI=1S/C18H17ClN6O3/c19-14-10-12(11-20-17(14)26)18(27)24-8-4-13(5-9-24)28-16-3-2-15(22-23-16)25-7-1-6-21-25/h1-3,6-7,10-11,13H,4-5,8-9H2,(H,20,26). The SMILES string of the molecule is O=C(c1c[nH]c(=O)c(Cl)c1)N1CCC(Oc2ccc(-n3cccn3)nn2)CC1. The highest BCUT2D eigenvalue weighted by molar-refractivity contribution is 6.30. The molecule has 0 aliphatic carbocycles. The van der Waals surface area contributed by atoms with Crippen LogP contribution in [0.25, 0.3) is 5.82 Å². The molecule has 0 radical (unpaired) electrons. The van der Waals surface area contributed by atoms with Crippen LogP contribution in [0.4, 0.5) is 0 Å². The van der Waals surface area contributed by atoms with Gasteiger partial charge < -0.3 is 14.6 Å². The predicted molar refractivity (Wildman–Crippen MR) is 101 cm³/mol. The third-order valence-electron chi connectivity index (χ3n) is 4.49. The van der Waals surface area contributed by atoms with Crippen molar-refractivity contribution < 1.29 is 9.53 Å². The summed E-state index contributed by atoms with van der Waals surface area (Å²) >= 11 is 5.80. The van der Waals surface area contributed by atoms with Gasteiger partial charge in [-0.2, -0.15) is 5.10 Å². The van der Waals surface area contributed by atoms with E-state index < -0.39 is 5.56 Å². The highest BCUT2D eigenvalue weighted by Crippen LogP contribution is 2.19. The molecule has 10 heteroatoms. The Bertz CT molecular complexity index is 1010. The van der Waals surface area contributed by atoms with Crippen molar-refractivity contribution in [3.63, 3.8) is 0 Å². The molecule has 144 valence electrons. The van der Waals surface area contributed by atoms with E-state index in [-0.39, 0.29) is 17.0 Å². The predicted octanol–water partition coefficient (Wildman–Crippen LogP) is 1.69. The Hall–Kier alpha value is -3.20. The smallest absolute Gasteiger partial charge is 0.266 e. The zero-order valence-electron chi connectivity index (χ0n) is 14.8. The van der Waals surface area contributed by atoms with Crippen LogP contribution in [0.1, 0.15) is 23.2 Å². The van der Waals surface area contributed by atoms with Gasteiger partial charge in [-0.25, -0.2) is 4.68 Å². The summed E-state index contributed by atoms with van der Waals surface area (Å²) in [4.78, 5) is 28.1. The van der Waals surface area contributed by atoms with Gasteiger partial charge in [0.05, 0.1) is 5.56 Å². The molecule has 1 N–H and O–H groups in total. The third-order valence-corrected chi connectivity index (χ3v) is 4.77. The Labute approximate surface area is 164 Å². The summed E-state index contributed by atoms with van der Waals surface area (Å²) in [6.07, 6.45) is 6.13. The van der Waals surface area contributed by atoms with Crippen LogP contribution in [0.2, 0.25) is 5.02 Å². The minimum absolute atomic E-state index is 0.00111. The Morgan fingerprint density at radius 2 is 2.07 bits per heavy atom. The first-order valence-corrected chi connectivity index (χ1v) is 9.16. The summed E-state index contributed by atoms with van der Waals surface area (Å²) in [5, 5.41) is 12.3. The average molecular weight is 401 g/mol. The van der Waals surface area contributed by atoms with Crippen molar-refractivity contribution in [3.05, 3.63) is 63.8 Å². The molecule has 3 aromatic heterocycles. The van der Waals surface area contributed by atoms with Gasteiger partial charge in [-0.15, -0.1) is 10.2 Å². The van der Waals surface area contributed by atoms with Crippen molar-refractivity contribution in [2.24, 2.45) is 0 Å². The highest BCUT2D eigenvalue weighted by Gasteiger charge is 2.25. The lowest BCUT2D eigenvalue weighted by Gasteiger charge is -2.31. The number of likely N-dealkylation sites (tertiary alicyclic amines) is 1. The lowest BCUT2D eigenvalue weighted by molar-refractivity contribution is 0.0585. The summed E-state index contributed by atoms with van der Waals surface area (Å²) in [5.41, 5.74) is -0.0472. The van der Waals surface area contributed by atoms with Gasteiger partial charge in [0.2, 0.25) is 5.88 Å². The number of ether oxygens (including phenoxy) is 1. The Kier molecular flexibility index (Phi) is 5.07. The molecular formula is C18H17ClN6O3. The van der Waals surface area contributed by atoms with Crippen LogP contribution in [0.5, 0.6) is 5.88 Å². The largest absolute Gasteiger partial charge is 0.473 e. The number of hydrogen-bond acceptors (Lipinski definition) is 6. The molecule has 4 heterocycles. The van der Waals surface area contributed by atoms with E-state index in [0.29, 0.717) is 43.2 Å². The third kappa shape index (κ3) is 3.89. The second-order valence-corrected chi connectivity index (χ2v) is 6.76. The molecule has 1 fully saturated rings. The van der Waals surface area contributed by atoms with E-state index in [1.54, 1.807) is 34.1 Å². The Morgan fingerprint density at radius 3 is 2.71 bits per heavy atom. The molecule has 1 aliphatic heterocycles. The van der Waals surface area contributed by atoms with Crippen molar-refractivity contribution in [3.8, 4) is 11.7 Å². The van der Waals surface area contributed by atoms with Crippen molar-refractivity contribution >= 4 is 17.5 Å². The average Bonchev–Trinajstić information content (AvgIpc) is 3.26. The van der Waals surface area contributed by atoms with Crippen molar-refractivity contribution in [2.45, 2.75) is 18.9 Å². The molecule has 1 aliphatic rings. The molecule has 1 amide bonds. The van der Waals surface area contributed by atoms with Gasteiger partial charge in [0, 0.05) is 50.6 Å². The molecule has 0 aromatic carbocycles. The summed E-state index contributed by atoms with van der Waals surface area (Å²) in [5.74, 6) is 0.880. The first kappa shape index (κ1) is 18.2. The normalized spacial score (nSPS) is 14.8. The van der Waals surface area contributed by atoms with Gasteiger partial charge in [0.1, 0.15) is 11.1 Å². The molecule has 9 nitrogen and oxygen atoms in total. The molecule has 0 unspecified atom stereocenters. The van der Waals surface area contributed by atoms with Gasteiger partial charge in [-0.1, -0.05) is 11.6 Å². The van der Waals surface area contributed by atoms with E-state index in [1.165, 1.54) is 12.3 Å². The number of carbonyl (C=O) groups excluding carboxylic acids is 1. The number of nitrogens with zero attached hydrogens (tertiary/aromatic N) is 5. The molecule has 3 aromatic rings. The van der Waals surface area contributed by atoms with Gasteiger partial charge in [-0.05, 0) is 18.2 Å². The number of nitrogens with one attached hydrogen (secondary N) is 1. The minimum atomic E-state index is -0.412. The van der Waals surface area contributed by atoms with Crippen LogP contribution in [-0.4, -0.2) is 55.0 Å². The zero-order chi connectivity index (χ0) is 19.5. The molecule has 0 atom stereocenters. The maximum absolute atomic E-state index is 12.6. The van der Waals surface area contributed by atoms with Gasteiger partial charge >= 0.3 is 0 Å². The minimum Gasteiger partial charge on any atom is -0.473 e. The maximum Gasteiger partial charge on any atom is 0.266 e. The van der Waals surface area contributed by atoms with Crippen LogP contribution < -0.4 is 10.3 Å². The molecule has 0 saturated carbocycles. The molecular weight excluding hydrogens is 384 g/mol. The molecule has 0 spiro atoms. The van der Waals surface area contributed by atoms with Gasteiger partial charge in [0.15, 0.2) is 5.82 Å². The number of H-pyrrole nitrogens is 1. The van der Waals surface area contributed by atoms with E-state index in [4.69, 9.17) is 16.3 Å². The zero-order valence-corrected chi connectivity index (χ0v) is 15.5. The lowest BCUT2D eigenvalue weighted by Crippen LogP contribution is -2.42. The number of amides is 1. The van der Waals surface area contributed by atoms with E-state index in [9.17, 15) is 9.59 Å². The van der Waals surface area contributed by atoms with E-state index in [2.05, 4.69) is 20.3 Å². The monoisotopic (exact) mass is 400 g/mol. The summed E-state index contributed by atoms with van der Waals surface area (Å²) < 4.78 is 7.50. The van der Waals surface area contributed by atoms with E-state index >= 15 is 0 Å². The Balaban J connectivity index is 1.33. The maximum atomic E-state index is 12.6. The second kappa shape index (κ2) is 7.81. The number of halogens is 1. The fraction of sp³-hybridized carbons (Fsp3) is 0.278. The first-order chi connectivity index (χ1) is 13.6. The fourth-order valence-corrected chi connectivity index (χ4v) is 3.18. The van der Waals surface area contributed by atoms with Crippen LogP contribution in [0.15, 0.2) is 47.7 Å². The van der Waals surface area contributed by atoms with Crippen molar-refractivity contribution in [1.29, 1.82) is 0 Å². The quantitative estimate of drug-likeness (QED) is 0.714. The first-order valence-electron chi connectivity index (χ1n) is 8.78. The topological polar surface area (TPSA) is 106 Å². The van der Waals surface area contributed by atoms with Crippen molar-refractivity contribution in [1.82, 2.24) is 29.9 Å². The molecule has 4 rings (SSSR count). The van der Waals surface area contributed by atoms with Gasteiger partial charge in [0.25, 0.3) is 11.5 Å². The Morgan fingerprint density at radius 1 is 1.25 bits per heavy atom. The summed E-state index contributed by atoms with van der Waals surface area (Å²) in [7, 11) is 0. The molecule has 1 saturated heterocycles. The fourth-order valence-electron chi connectivity index (χ4n) is 3.01. The number of aromatic nitrogens is 5. The molecule has 0 bridgehead atoms. The summed E-state index contributed by atoms with van der Waals surface area (Å²) in [6, 6.07) is 6.74. The van der Waals surface area contributed by atoms with Gasteiger partial charge in [-0.3, -0.25) is 9.59 Å². The highest BCUT2D eigenvalue weighted by atomic mass is 35.5. The number of piperidine rings is 1. The number of carbonyl (C=O) groups is 1. The van der Waals surface area contributed by atoms with Crippen molar-refractivity contribution in [2.75, 3.05) is 13.1 Å². The number of aromatic amines is 1. The van der Waals surface area contributed by atoms with E-state index in [0.717, 1.165) is 0 Å². The van der Waals surface area contributed by atoms with Crippen LogP contribution in [0.3, 0.4) is 0 Å². The van der Waals surface area contributed by atoms with Crippen LogP contribution >= 0.6 is 11.6 Å². The number of hydrogen-bond donors (Lipinski definition) is 1. The van der Waals surface area contributed by atoms with Crippen LogP contribution in [-0.2, 0) is 0 Å². The number of pyridine rings is 1. The number of rotatable bonds is 4. The lowest BCUT2D eigenvalue weighted by atomic mass is 10.1. The molecule has 28 heavy (non-hydrogen) atoms. The summed E-state index contributed by atoms with van der Waals surface area (Å²) in [6.45, 7) is 1.08. The van der Waals surface area contributed by atoms with E-state index in [1.807, 2.05) is 6.07 Å².